The van der Waals surface area contributed by atoms with Crippen LogP contribution in [0.15, 0.2) is 48.7 Å². The van der Waals surface area contributed by atoms with Crippen molar-refractivity contribution in [2.24, 2.45) is 5.73 Å². The molecule has 2 atom stereocenters. The molecule has 0 saturated carbocycles. The Balaban J connectivity index is 1.58. The van der Waals surface area contributed by atoms with Crippen LogP contribution >= 0.6 is 0 Å². The van der Waals surface area contributed by atoms with Gasteiger partial charge in [0.05, 0.1) is 11.7 Å². The van der Waals surface area contributed by atoms with Crippen molar-refractivity contribution >= 4 is 11.8 Å². The fraction of sp³-hybridized carbons (Fsp3) is 0.273. The van der Waals surface area contributed by atoms with Crippen LogP contribution in [-0.4, -0.2) is 43.3 Å². The van der Waals surface area contributed by atoms with E-state index in [1.165, 1.54) is 18.3 Å². The first-order chi connectivity index (χ1) is 14.5. The molecule has 5 rings (SSSR count). The lowest BCUT2D eigenvalue weighted by Gasteiger charge is -2.28. The van der Waals surface area contributed by atoms with Crippen molar-refractivity contribution < 1.29 is 14.0 Å². The number of nitrogens with zero attached hydrogens (tertiary/aromatic N) is 4. The normalized spacial score (nSPS) is 20.0. The summed E-state index contributed by atoms with van der Waals surface area (Å²) >= 11 is 0. The van der Waals surface area contributed by atoms with Gasteiger partial charge in [-0.15, -0.1) is 0 Å². The molecule has 0 spiro atoms. The van der Waals surface area contributed by atoms with Crippen LogP contribution in [0, 0.1) is 5.82 Å². The fourth-order valence-corrected chi connectivity index (χ4v) is 4.67. The highest BCUT2D eigenvalue weighted by Gasteiger charge is 2.43. The third-order valence-electron chi connectivity index (χ3n) is 5.98. The van der Waals surface area contributed by atoms with Crippen LogP contribution in [0.5, 0.6) is 0 Å². The summed E-state index contributed by atoms with van der Waals surface area (Å²) in [6.07, 6.45) is 3.43. The van der Waals surface area contributed by atoms with Crippen LogP contribution < -0.4 is 5.73 Å². The zero-order chi connectivity index (χ0) is 20.8. The third kappa shape index (κ3) is 2.87. The molecule has 4 heterocycles. The Kier molecular flexibility index (Phi) is 4.34. The number of aromatic nitrogens is 3. The number of rotatable bonds is 3. The first-order valence-electron chi connectivity index (χ1n) is 9.92. The van der Waals surface area contributed by atoms with E-state index < -0.39 is 17.6 Å². The van der Waals surface area contributed by atoms with E-state index in [0.29, 0.717) is 18.8 Å². The molecule has 2 aliphatic rings. The van der Waals surface area contributed by atoms with Crippen molar-refractivity contribution in [3.63, 3.8) is 0 Å². The number of carbonyl (C=O) groups is 2. The quantitative estimate of drug-likeness (QED) is 0.724. The van der Waals surface area contributed by atoms with E-state index in [-0.39, 0.29) is 23.5 Å². The molecule has 0 unspecified atom stereocenters. The van der Waals surface area contributed by atoms with Crippen LogP contribution in [0.2, 0.25) is 0 Å². The van der Waals surface area contributed by atoms with E-state index in [1.807, 2.05) is 34.9 Å². The topological polar surface area (TPSA) is 94.1 Å². The van der Waals surface area contributed by atoms with Gasteiger partial charge in [0.1, 0.15) is 11.5 Å². The predicted molar refractivity (Wildman–Crippen MR) is 107 cm³/mol. The Morgan fingerprint density at radius 3 is 2.53 bits per heavy atom. The fourth-order valence-electron chi connectivity index (χ4n) is 4.67. The van der Waals surface area contributed by atoms with E-state index in [1.54, 1.807) is 4.90 Å². The number of nitrogens with two attached hydrogens (primary N) is 1. The molecule has 2 aliphatic heterocycles. The first kappa shape index (κ1) is 18.5. The number of amides is 2. The Morgan fingerprint density at radius 1 is 1.03 bits per heavy atom. The van der Waals surface area contributed by atoms with E-state index in [4.69, 9.17) is 5.73 Å². The molecule has 7 nitrogen and oxygen atoms in total. The van der Waals surface area contributed by atoms with Crippen LogP contribution in [0.25, 0.3) is 11.4 Å². The smallest absolute Gasteiger partial charge is 0.276 e. The number of halogens is 1. The minimum atomic E-state index is -0.629. The van der Waals surface area contributed by atoms with Crippen molar-refractivity contribution in [3.8, 4) is 11.4 Å². The second-order valence-electron chi connectivity index (χ2n) is 7.71. The molecule has 1 saturated heterocycles. The molecule has 0 radical (unpaired) electrons. The average molecular weight is 405 g/mol. The molecule has 3 aromatic rings. The molecular weight excluding hydrogens is 385 g/mol. The first-order valence-corrected chi connectivity index (χ1v) is 9.92. The summed E-state index contributed by atoms with van der Waals surface area (Å²) in [7, 11) is 0. The van der Waals surface area contributed by atoms with Gasteiger partial charge in [-0.3, -0.25) is 9.59 Å². The highest BCUT2D eigenvalue weighted by Crippen LogP contribution is 2.36. The molecule has 1 fully saturated rings. The Bertz CT molecular complexity index is 1140. The summed E-state index contributed by atoms with van der Waals surface area (Å²) < 4.78 is 16.2. The lowest BCUT2D eigenvalue weighted by Crippen LogP contribution is -2.42. The number of pyridine rings is 1. The van der Waals surface area contributed by atoms with Crippen molar-refractivity contribution in [2.45, 2.75) is 37.9 Å². The summed E-state index contributed by atoms with van der Waals surface area (Å²) in [5.41, 5.74) is 7.30. The Hall–Kier alpha value is -3.55. The Morgan fingerprint density at radius 2 is 1.80 bits per heavy atom. The van der Waals surface area contributed by atoms with Crippen molar-refractivity contribution in [3.05, 3.63) is 71.6 Å². The van der Waals surface area contributed by atoms with Crippen molar-refractivity contribution in [1.82, 2.24) is 19.4 Å². The highest BCUT2D eigenvalue weighted by atomic mass is 19.1. The molecule has 2 N–H and O–H groups in total. The zero-order valence-electron chi connectivity index (χ0n) is 16.2. The maximum Gasteiger partial charge on any atom is 0.276 e. The summed E-state index contributed by atoms with van der Waals surface area (Å²) in [6.45, 7) is 0.469. The Labute approximate surface area is 172 Å². The van der Waals surface area contributed by atoms with Crippen LogP contribution in [0.4, 0.5) is 4.39 Å². The number of hydrogen-bond acceptors (Lipinski definition) is 4. The second kappa shape index (κ2) is 7.05. The lowest BCUT2D eigenvalue weighted by atomic mass is 10.1. The number of fused-ring (bicyclic) bond motifs is 3. The van der Waals surface area contributed by atoms with Gasteiger partial charge in [0.2, 0.25) is 0 Å². The number of hydrogen-bond donors (Lipinski definition) is 1. The minimum absolute atomic E-state index is 0.137. The molecule has 8 heteroatoms. The van der Waals surface area contributed by atoms with Crippen LogP contribution in [-0.2, 0) is 13.0 Å². The van der Waals surface area contributed by atoms with E-state index in [0.717, 1.165) is 24.1 Å². The predicted octanol–water partition coefficient (Wildman–Crippen LogP) is 2.41. The largest absolute Gasteiger partial charge is 0.364 e. The minimum Gasteiger partial charge on any atom is -0.364 e. The third-order valence-corrected chi connectivity index (χ3v) is 5.98. The maximum atomic E-state index is 14.2. The van der Waals surface area contributed by atoms with Gasteiger partial charge in [0.25, 0.3) is 11.8 Å². The zero-order valence-corrected chi connectivity index (χ0v) is 16.2. The van der Waals surface area contributed by atoms with Gasteiger partial charge in [-0.1, -0.05) is 30.3 Å². The monoisotopic (exact) mass is 405 g/mol. The van der Waals surface area contributed by atoms with E-state index in [2.05, 4.69) is 9.97 Å². The highest BCUT2D eigenvalue weighted by molar-refractivity contribution is 5.94. The van der Waals surface area contributed by atoms with E-state index >= 15 is 0 Å². The SMILES string of the molecule is NC(=O)c1nc(-c2ccccc2)n2c1C[C@@H]1CC[C@H](C2)N1C(=O)c1ncccc1F. The van der Waals surface area contributed by atoms with Gasteiger partial charge in [-0.25, -0.2) is 14.4 Å². The van der Waals surface area contributed by atoms with Crippen molar-refractivity contribution in [1.29, 1.82) is 0 Å². The molecule has 2 aromatic heterocycles. The number of carbonyl (C=O) groups excluding carboxylic acids is 2. The maximum absolute atomic E-state index is 14.2. The number of primary amides is 1. The molecule has 0 aliphatic carbocycles. The number of benzene rings is 1. The summed E-state index contributed by atoms with van der Waals surface area (Å²) in [5.74, 6) is -0.979. The molecule has 152 valence electrons. The number of imidazole rings is 1. The average Bonchev–Trinajstić information content (AvgIpc) is 3.25. The molecule has 2 amide bonds. The second-order valence-corrected chi connectivity index (χ2v) is 7.71. The summed E-state index contributed by atoms with van der Waals surface area (Å²) in [6, 6.07) is 12.0. The molecule has 1 aromatic carbocycles. The van der Waals surface area contributed by atoms with Crippen LogP contribution in [0.1, 0.15) is 39.5 Å². The summed E-state index contributed by atoms with van der Waals surface area (Å²) in [5, 5.41) is 0. The van der Waals surface area contributed by atoms with Gasteiger partial charge in [-0.05, 0) is 25.0 Å². The van der Waals surface area contributed by atoms with Gasteiger partial charge in [-0.2, -0.15) is 0 Å². The van der Waals surface area contributed by atoms with Gasteiger partial charge in [0.15, 0.2) is 11.5 Å². The van der Waals surface area contributed by atoms with E-state index in [9.17, 15) is 14.0 Å². The summed E-state index contributed by atoms with van der Waals surface area (Å²) in [4.78, 5) is 35.6. The van der Waals surface area contributed by atoms with Gasteiger partial charge < -0.3 is 15.2 Å². The van der Waals surface area contributed by atoms with Crippen molar-refractivity contribution in [2.75, 3.05) is 0 Å². The standard InChI is InChI=1S/C22H20FN5O2/c23-16-7-4-10-25-18(16)22(30)28-14-8-9-15(28)12-27-17(11-14)19(20(24)29)26-21(27)13-5-2-1-3-6-13/h1-7,10,14-15H,8-9,11-12H2,(H2,24,29)/t14-,15+/m0/s1. The molecule has 2 bridgehead atoms. The van der Waals surface area contributed by atoms with Crippen LogP contribution in [0.3, 0.4) is 0 Å². The lowest BCUT2D eigenvalue weighted by molar-refractivity contribution is 0.0654. The van der Waals surface area contributed by atoms with Gasteiger partial charge in [0, 0.05) is 30.8 Å². The molecular formula is C22H20FN5O2. The molecule has 30 heavy (non-hydrogen) atoms. The van der Waals surface area contributed by atoms with Gasteiger partial charge >= 0.3 is 0 Å².